The molecule has 9 nitrogen and oxygen atoms in total. The van der Waals surface area contributed by atoms with Crippen LogP contribution in [0.15, 0.2) is 41.8 Å². The van der Waals surface area contributed by atoms with E-state index in [1.807, 2.05) is 25.1 Å². The fourth-order valence-electron chi connectivity index (χ4n) is 2.22. The number of nitrogens with one attached hydrogen (secondary N) is 2. The van der Waals surface area contributed by atoms with Gasteiger partial charge in [0.15, 0.2) is 5.65 Å². The lowest BCUT2D eigenvalue weighted by Crippen LogP contribution is -2.28. The van der Waals surface area contributed by atoms with E-state index in [0.29, 0.717) is 17.9 Å². The molecule has 2 amide bonds. The molecule has 24 heavy (non-hydrogen) atoms. The first kappa shape index (κ1) is 15.4. The van der Waals surface area contributed by atoms with Crippen molar-refractivity contribution in [1.29, 1.82) is 0 Å². The van der Waals surface area contributed by atoms with Crippen LogP contribution in [0.3, 0.4) is 0 Å². The molecule has 0 saturated heterocycles. The van der Waals surface area contributed by atoms with Gasteiger partial charge in [-0.2, -0.15) is 4.98 Å². The average Bonchev–Trinajstić information content (AvgIpc) is 2.98. The Morgan fingerprint density at radius 3 is 3.00 bits per heavy atom. The molecule has 0 atom stereocenters. The lowest BCUT2D eigenvalue weighted by atomic mass is 10.1. The summed E-state index contributed by atoms with van der Waals surface area (Å²) in [6.45, 7) is 2.31. The number of carbonyl (C=O) groups excluding carboxylic acids is 1. The zero-order chi connectivity index (χ0) is 16.9. The topological polar surface area (TPSA) is 117 Å². The third-order valence-corrected chi connectivity index (χ3v) is 3.21. The molecule has 3 N–H and O–H groups in total. The maximum Gasteiger partial charge on any atom is 0.321 e. The first-order valence-corrected chi connectivity index (χ1v) is 7.24. The van der Waals surface area contributed by atoms with E-state index in [1.54, 1.807) is 18.5 Å². The Morgan fingerprint density at radius 1 is 1.42 bits per heavy atom. The number of amides is 2. The van der Waals surface area contributed by atoms with Gasteiger partial charge in [-0.05, 0) is 30.7 Å². The highest BCUT2D eigenvalue weighted by Gasteiger charge is 2.11. The van der Waals surface area contributed by atoms with Crippen LogP contribution in [0.4, 0.5) is 10.7 Å². The number of hydrogen-bond acceptors (Lipinski definition) is 6. The Labute approximate surface area is 137 Å². The standard InChI is InChI=1S/C15H15N7O2/c1-2-17-15(23)20-14-19-13-7-11(10-4-3-5-16-8-10)6-12(9-18-24)22(13)21-14/h3-9,24H,2H2,1H3,(H2,17,20,21,23). The first-order valence-electron chi connectivity index (χ1n) is 7.24. The van der Waals surface area contributed by atoms with E-state index < -0.39 is 6.03 Å². The van der Waals surface area contributed by atoms with E-state index in [2.05, 4.69) is 30.9 Å². The predicted molar refractivity (Wildman–Crippen MR) is 88.3 cm³/mol. The molecule has 0 radical (unpaired) electrons. The Morgan fingerprint density at radius 2 is 2.29 bits per heavy atom. The van der Waals surface area contributed by atoms with Crippen molar-refractivity contribution in [3.63, 3.8) is 0 Å². The van der Waals surface area contributed by atoms with Crippen LogP contribution in [0.2, 0.25) is 0 Å². The molecule has 9 heteroatoms. The fraction of sp³-hybridized carbons (Fsp3) is 0.133. The van der Waals surface area contributed by atoms with E-state index in [9.17, 15) is 4.79 Å². The second kappa shape index (κ2) is 6.73. The molecule has 0 unspecified atom stereocenters. The van der Waals surface area contributed by atoms with Crippen LogP contribution in [0, 0.1) is 0 Å². The second-order valence-electron chi connectivity index (χ2n) is 4.85. The number of rotatable bonds is 4. The summed E-state index contributed by atoms with van der Waals surface area (Å²) in [6.07, 6.45) is 4.65. The summed E-state index contributed by atoms with van der Waals surface area (Å²) in [5.41, 5.74) is 2.72. The summed E-state index contributed by atoms with van der Waals surface area (Å²) < 4.78 is 1.47. The highest BCUT2D eigenvalue weighted by molar-refractivity contribution is 5.88. The van der Waals surface area contributed by atoms with Crippen LogP contribution in [-0.2, 0) is 0 Å². The maximum atomic E-state index is 11.6. The molecule has 3 aromatic heterocycles. The van der Waals surface area contributed by atoms with Crippen molar-refractivity contribution in [2.75, 3.05) is 11.9 Å². The van der Waals surface area contributed by atoms with E-state index in [-0.39, 0.29) is 5.95 Å². The van der Waals surface area contributed by atoms with Crippen LogP contribution < -0.4 is 10.6 Å². The minimum atomic E-state index is -0.390. The molecule has 3 rings (SSSR count). The molecule has 0 aliphatic heterocycles. The molecule has 3 heterocycles. The van der Waals surface area contributed by atoms with Gasteiger partial charge in [-0.3, -0.25) is 10.3 Å². The van der Waals surface area contributed by atoms with Gasteiger partial charge >= 0.3 is 6.03 Å². The molecule has 0 aliphatic rings. The van der Waals surface area contributed by atoms with Crippen LogP contribution in [-0.4, -0.2) is 43.6 Å². The lowest BCUT2D eigenvalue weighted by molar-refractivity contribution is 0.252. The monoisotopic (exact) mass is 325 g/mol. The van der Waals surface area contributed by atoms with E-state index >= 15 is 0 Å². The van der Waals surface area contributed by atoms with Crippen molar-refractivity contribution in [3.8, 4) is 11.1 Å². The van der Waals surface area contributed by atoms with Crippen molar-refractivity contribution in [3.05, 3.63) is 42.4 Å². The average molecular weight is 325 g/mol. The molecule has 3 aromatic rings. The second-order valence-corrected chi connectivity index (χ2v) is 4.85. The smallest absolute Gasteiger partial charge is 0.321 e. The first-order chi connectivity index (χ1) is 11.7. The molecule has 0 saturated carbocycles. The SMILES string of the molecule is CCNC(=O)Nc1nc2cc(-c3cccnc3)cc(C=NO)n2n1. The third-order valence-electron chi connectivity index (χ3n) is 3.21. The Balaban J connectivity index is 2.06. The normalized spacial score (nSPS) is 11.0. The summed E-state index contributed by atoms with van der Waals surface area (Å²) in [5, 5.41) is 21.3. The number of urea groups is 1. The number of hydrogen-bond donors (Lipinski definition) is 3. The van der Waals surface area contributed by atoms with Crippen LogP contribution in [0.25, 0.3) is 16.8 Å². The number of carbonyl (C=O) groups is 1. The van der Waals surface area contributed by atoms with Crippen molar-refractivity contribution in [2.24, 2.45) is 5.16 Å². The Hall–Kier alpha value is -3.49. The van der Waals surface area contributed by atoms with Crippen molar-refractivity contribution in [1.82, 2.24) is 24.9 Å². The van der Waals surface area contributed by atoms with Gasteiger partial charge < -0.3 is 10.5 Å². The number of aromatic nitrogens is 4. The van der Waals surface area contributed by atoms with Gasteiger partial charge in [0, 0.05) is 24.5 Å². The predicted octanol–water partition coefficient (Wildman–Crippen LogP) is 1.74. The van der Waals surface area contributed by atoms with Crippen LogP contribution >= 0.6 is 0 Å². The van der Waals surface area contributed by atoms with Gasteiger partial charge in [0.2, 0.25) is 0 Å². The summed E-state index contributed by atoms with van der Waals surface area (Å²) in [6, 6.07) is 6.93. The minimum absolute atomic E-state index is 0.150. The summed E-state index contributed by atoms with van der Waals surface area (Å²) in [5.74, 6) is 0.150. The Bertz CT molecular complexity index is 889. The van der Waals surface area contributed by atoms with Gasteiger partial charge in [0.05, 0.1) is 11.9 Å². The maximum absolute atomic E-state index is 11.6. The summed E-state index contributed by atoms with van der Waals surface area (Å²) in [4.78, 5) is 20.0. The van der Waals surface area contributed by atoms with E-state index in [0.717, 1.165) is 11.1 Å². The van der Waals surface area contributed by atoms with Gasteiger partial charge in [0.25, 0.3) is 5.95 Å². The van der Waals surface area contributed by atoms with Crippen molar-refractivity contribution >= 4 is 23.8 Å². The molecular formula is C15H15N7O2. The van der Waals surface area contributed by atoms with Crippen molar-refractivity contribution in [2.45, 2.75) is 6.92 Å². The Kier molecular flexibility index (Phi) is 4.32. The zero-order valence-electron chi connectivity index (χ0n) is 12.8. The lowest BCUT2D eigenvalue weighted by Gasteiger charge is -2.04. The number of oxime groups is 1. The highest BCUT2D eigenvalue weighted by Crippen LogP contribution is 2.21. The molecule has 0 bridgehead atoms. The van der Waals surface area contributed by atoms with Crippen LogP contribution in [0.5, 0.6) is 0 Å². The summed E-state index contributed by atoms with van der Waals surface area (Å²) >= 11 is 0. The summed E-state index contributed by atoms with van der Waals surface area (Å²) in [7, 11) is 0. The number of anilines is 1. The van der Waals surface area contributed by atoms with Crippen LogP contribution in [0.1, 0.15) is 12.6 Å². The third kappa shape index (κ3) is 3.14. The molecule has 0 aliphatic carbocycles. The van der Waals surface area contributed by atoms with Crippen molar-refractivity contribution < 1.29 is 10.0 Å². The zero-order valence-corrected chi connectivity index (χ0v) is 12.8. The molecule has 122 valence electrons. The quantitative estimate of drug-likeness (QED) is 0.384. The fourth-order valence-corrected chi connectivity index (χ4v) is 2.22. The number of fused-ring (bicyclic) bond motifs is 1. The van der Waals surface area contributed by atoms with E-state index in [4.69, 9.17) is 5.21 Å². The molecular weight excluding hydrogens is 310 g/mol. The minimum Gasteiger partial charge on any atom is -0.411 e. The van der Waals surface area contributed by atoms with Gasteiger partial charge in [-0.15, -0.1) is 5.10 Å². The molecule has 0 spiro atoms. The highest BCUT2D eigenvalue weighted by atomic mass is 16.4. The molecule has 0 fully saturated rings. The number of nitrogens with zero attached hydrogens (tertiary/aromatic N) is 5. The van der Waals surface area contributed by atoms with Gasteiger partial charge in [-0.1, -0.05) is 11.2 Å². The van der Waals surface area contributed by atoms with Gasteiger partial charge in [-0.25, -0.2) is 9.31 Å². The van der Waals surface area contributed by atoms with Gasteiger partial charge in [0.1, 0.15) is 0 Å². The number of pyridine rings is 2. The molecule has 0 aromatic carbocycles. The largest absolute Gasteiger partial charge is 0.411 e. The van der Waals surface area contributed by atoms with E-state index in [1.165, 1.54) is 10.7 Å².